The van der Waals surface area contributed by atoms with Gasteiger partial charge in [0, 0.05) is 5.56 Å². The van der Waals surface area contributed by atoms with Crippen molar-refractivity contribution in [1.82, 2.24) is 0 Å². The summed E-state index contributed by atoms with van der Waals surface area (Å²) in [6.45, 7) is 2.11. The van der Waals surface area contributed by atoms with Crippen molar-refractivity contribution >= 4 is 17.3 Å². The molecule has 1 atom stereocenters. The summed E-state index contributed by atoms with van der Waals surface area (Å²) in [7, 11) is 0. The first-order valence-electron chi connectivity index (χ1n) is 6.62. The summed E-state index contributed by atoms with van der Waals surface area (Å²) in [4.78, 5) is 11.1. The molecule has 1 unspecified atom stereocenters. The normalized spacial score (nSPS) is 11.8. The van der Waals surface area contributed by atoms with Crippen molar-refractivity contribution in [1.29, 1.82) is 0 Å². The van der Waals surface area contributed by atoms with Crippen molar-refractivity contribution in [2.45, 2.75) is 19.4 Å². The standard InChI is InChI=1S/C16H19N3O/c1-2-14(11-6-4-3-5-7-11)19-15-9-8-12(16(18)20)10-13(15)17/h3-10,14,19H,2,17H2,1H3,(H2,18,20). The van der Waals surface area contributed by atoms with Gasteiger partial charge in [-0.2, -0.15) is 0 Å². The van der Waals surface area contributed by atoms with Crippen LogP contribution in [0.25, 0.3) is 0 Å². The molecule has 2 rings (SSSR count). The lowest BCUT2D eigenvalue weighted by Crippen LogP contribution is -2.14. The number of benzene rings is 2. The number of carbonyl (C=O) groups excluding carboxylic acids is 1. The predicted molar refractivity (Wildman–Crippen MR) is 82.5 cm³/mol. The molecular formula is C16H19N3O. The lowest BCUT2D eigenvalue weighted by molar-refractivity contribution is 0.100. The van der Waals surface area contributed by atoms with Crippen LogP contribution in [0.3, 0.4) is 0 Å². The Morgan fingerprint density at radius 2 is 1.90 bits per heavy atom. The van der Waals surface area contributed by atoms with Crippen LogP contribution in [-0.4, -0.2) is 5.91 Å². The van der Waals surface area contributed by atoms with Gasteiger partial charge in [0.1, 0.15) is 0 Å². The van der Waals surface area contributed by atoms with E-state index in [9.17, 15) is 4.79 Å². The molecule has 0 fully saturated rings. The third-order valence-corrected chi connectivity index (χ3v) is 3.28. The summed E-state index contributed by atoms with van der Waals surface area (Å²) < 4.78 is 0. The van der Waals surface area contributed by atoms with Crippen molar-refractivity contribution in [3.05, 3.63) is 59.7 Å². The fourth-order valence-electron chi connectivity index (χ4n) is 2.14. The molecule has 0 spiro atoms. The average molecular weight is 269 g/mol. The van der Waals surface area contributed by atoms with E-state index in [4.69, 9.17) is 11.5 Å². The van der Waals surface area contributed by atoms with E-state index in [1.54, 1.807) is 18.2 Å². The van der Waals surface area contributed by atoms with Crippen LogP contribution >= 0.6 is 0 Å². The molecule has 4 heteroatoms. The number of carbonyl (C=O) groups is 1. The van der Waals surface area contributed by atoms with Crippen molar-refractivity contribution < 1.29 is 4.79 Å². The van der Waals surface area contributed by atoms with Crippen LogP contribution in [0.15, 0.2) is 48.5 Å². The van der Waals surface area contributed by atoms with Gasteiger partial charge in [-0.25, -0.2) is 0 Å². The van der Waals surface area contributed by atoms with E-state index in [1.807, 2.05) is 18.2 Å². The Balaban J connectivity index is 2.22. The first-order valence-corrected chi connectivity index (χ1v) is 6.62. The van der Waals surface area contributed by atoms with Crippen LogP contribution in [0.4, 0.5) is 11.4 Å². The highest BCUT2D eigenvalue weighted by Crippen LogP contribution is 2.27. The van der Waals surface area contributed by atoms with Crippen molar-refractivity contribution in [2.24, 2.45) is 5.73 Å². The van der Waals surface area contributed by atoms with Gasteiger partial charge < -0.3 is 16.8 Å². The Hall–Kier alpha value is -2.49. The summed E-state index contributed by atoms with van der Waals surface area (Å²) in [6, 6.07) is 15.4. The number of nitrogens with one attached hydrogen (secondary N) is 1. The maximum atomic E-state index is 11.1. The van der Waals surface area contributed by atoms with Gasteiger partial charge in [0.2, 0.25) is 5.91 Å². The van der Waals surface area contributed by atoms with Gasteiger partial charge in [-0.3, -0.25) is 4.79 Å². The zero-order valence-corrected chi connectivity index (χ0v) is 11.5. The van der Waals surface area contributed by atoms with Crippen LogP contribution in [0.2, 0.25) is 0 Å². The molecule has 1 amide bonds. The summed E-state index contributed by atoms with van der Waals surface area (Å²) >= 11 is 0. The molecule has 0 saturated carbocycles. The predicted octanol–water partition coefficient (Wildman–Crippen LogP) is 2.93. The molecule has 0 saturated heterocycles. The molecule has 20 heavy (non-hydrogen) atoms. The second-order valence-corrected chi connectivity index (χ2v) is 4.68. The molecular weight excluding hydrogens is 250 g/mol. The van der Waals surface area contributed by atoms with E-state index in [1.165, 1.54) is 5.56 Å². The topological polar surface area (TPSA) is 81.1 Å². The van der Waals surface area contributed by atoms with Crippen molar-refractivity contribution in [2.75, 3.05) is 11.1 Å². The van der Waals surface area contributed by atoms with E-state index in [2.05, 4.69) is 24.4 Å². The van der Waals surface area contributed by atoms with Crippen LogP contribution in [0.5, 0.6) is 0 Å². The molecule has 0 radical (unpaired) electrons. The van der Waals surface area contributed by atoms with Crippen LogP contribution in [-0.2, 0) is 0 Å². The minimum atomic E-state index is -0.474. The van der Waals surface area contributed by atoms with E-state index < -0.39 is 5.91 Å². The zero-order chi connectivity index (χ0) is 14.5. The monoisotopic (exact) mass is 269 g/mol. The third-order valence-electron chi connectivity index (χ3n) is 3.28. The second kappa shape index (κ2) is 6.10. The highest BCUT2D eigenvalue weighted by atomic mass is 16.1. The average Bonchev–Trinajstić information content (AvgIpc) is 2.46. The molecule has 2 aromatic carbocycles. The number of nitrogen functional groups attached to an aromatic ring is 1. The number of anilines is 2. The summed E-state index contributed by atoms with van der Waals surface area (Å²) in [5.41, 5.74) is 14.2. The Kier molecular flexibility index (Phi) is 4.25. The molecule has 0 aliphatic rings. The van der Waals surface area contributed by atoms with Crippen LogP contribution in [0.1, 0.15) is 35.3 Å². The van der Waals surface area contributed by atoms with E-state index in [0.29, 0.717) is 11.3 Å². The lowest BCUT2D eigenvalue weighted by atomic mass is 10.0. The van der Waals surface area contributed by atoms with Gasteiger partial charge in [0.05, 0.1) is 17.4 Å². The quantitative estimate of drug-likeness (QED) is 0.730. The number of primary amides is 1. The fraction of sp³-hybridized carbons (Fsp3) is 0.188. The van der Waals surface area contributed by atoms with Crippen LogP contribution in [0, 0.1) is 0 Å². The number of amides is 1. The summed E-state index contributed by atoms with van der Waals surface area (Å²) in [5, 5.41) is 3.40. The van der Waals surface area contributed by atoms with Gasteiger partial charge in [-0.1, -0.05) is 37.3 Å². The highest BCUT2D eigenvalue weighted by molar-refractivity contribution is 5.94. The molecule has 4 nitrogen and oxygen atoms in total. The van der Waals surface area contributed by atoms with Gasteiger partial charge in [-0.15, -0.1) is 0 Å². The molecule has 0 aliphatic carbocycles. The molecule has 2 aromatic rings. The van der Waals surface area contributed by atoms with Crippen molar-refractivity contribution in [3.8, 4) is 0 Å². The number of hydrogen-bond acceptors (Lipinski definition) is 3. The minimum Gasteiger partial charge on any atom is -0.397 e. The second-order valence-electron chi connectivity index (χ2n) is 4.68. The maximum Gasteiger partial charge on any atom is 0.248 e. The largest absolute Gasteiger partial charge is 0.397 e. The van der Waals surface area contributed by atoms with Gasteiger partial charge in [0.15, 0.2) is 0 Å². The van der Waals surface area contributed by atoms with E-state index in [0.717, 1.165) is 12.1 Å². The Morgan fingerprint density at radius 1 is 1.20 bits per heavy atom. The first-order chi connectivity index (χ1) is 9.61. The van der Waals surface area contributed by atoms with Crippen LogP contribution < -0.4 is 16.8 Å². The Labute approximate surface area is 118 Å². The van der Waals surface area contributed by atoms with Gasteiger partial charge >= 0.3 is 0 Å². The molecule has 0 heterocycles. The van der Waals surface area contributed by atoms with E-state index in [-0.39, 0.29) is 6.04 Å². The molecule has 0 bridgehead atoms. The smallest absolute Gasteiger partial charge is 0.248 e. The zero-order valence-electron chi connectivity index (χ0n) is 11.5. The highest BCUT2D eigenvalue weighted by Gasteiger charge is 2.11. The minimum absolute atomic E-state index is 0.179. The molecule has 0 aromatic heterocycles. The molecule has 104 valence electrons. The summed E-state index contributed by atoms with van der Waals surface area (Å²) in [5.74, 6) is -0.474. The SMILES string of the molecule is CCC(Nc1ccc(C(N)=O)cc1N)c1ccccc1. The number of hydrogen-bond donors (Lipinski definition) is 3. The third kappa shape index (κ3) is 3.09. The summed E-state index contributed by atoms with van der Waals surface area (Å²) in [6.07, 6.45) is 0.932. The van der Waals surface area contributed by atoms with E-state index >= 15 is 0 Å². The lowest BCUT2D eigenvalue weighted by Gasteiger charge is -2.20. The first kappa shape index (κ1) is 13.9. The maximum absolute atomic E-state index is 11.1. The molecule has 0 aliphatic heterocycles. The Bertz CT molecular complexity index is 596. The molecule has 5 N–H and O–H groups in total. The van der Waals surface area contributed by atoms with Gasteiger partial charge in [-0.05, 0) is 30.2 Å². The Morgan fingerprint density at radius 3 is 2.45 bits per heavy atom. The van der Waals surface area contributed by atoms with Gasteiger partial charge in [0.25, 0.3) is 0 Å². The number of nitrogens with two attached hydrogens (primary N) is 2. The number of rotatable bonds is 5. The fourth-order valence-corrected chi connectivity index (χ4v) is 2.14. The van der Waals surface area contributed by atoms with Crippen molar-refractivity contribution in [3.63, 3.8) is 0 Å².